The summed E-state index contributed by atoms with van der Waals surface area (Å²) in [6, 6.07) is 0.345. The highest BCUT2D eigenvalue weighted by Crippen LogP contribution is 2.18. The molecule has 0 aliphatic heterocycles. The Morgan fingerprint density at radius 2 is 1.74 bits per heavy atom. The second-order valence-corrected chi connectivity index (χ2v) is 5.54. The van der Waals surface area contributed by atoms with Gasteiger partial charge in [0.25, 0.3) is 0 Å². The van der Waals surface area contributed by atoms with Crippen molar-refractivity contribution >= 4 is 35.3 Å². The molecule has 0 aliphatic carbocycles. The Balaban J connectivity index is 3.01. The number of halogens is 1. The van der Waals surface area contributed by atoms with E-state index in [0.717, 1.165) is 18.8 Å². The fourth-order valence-corrected chi connectivity index (χ4v) is 2.54. The smallest absolute Gasteiger partial charge is 0.231 e. The molecule has 0 bridgehead atoms. The summed E-state index contributed by atoms with van der Waals surface area (Å²) in [4.78, 5) is 17.0. The van der Waals surface area contributed by atoms with E-state index in [1.165, 1.54) is 0 Å². The molecule has 0 saturated heterocycles. The molecule has 0 amide bonds. The van der Waals surface area contributed by atoms with Crippen molar-refractivity contribution in [2.45, 2.75) is 26.8 Å². The molecule has 1 atom stereocenters. The van der Waals surface area contributed by atoms with Gasteiger partial charge < -0.3 is 9.80 Å². The molecule has 1 heterocycles. The molecule has 5 nitrogen and oxygen atoms in total. The largest absolute Gasteiger partial charge is 0.341 e. The monoisotopic (exact) mass is 303 g/mol. The van der Waals surface area contributed by atoms with Gasteiger partial charge >= 0.3 is 0 Å². The number of anilines is 2. The first-order chi connectivity index (χ1) is 9.03. The zero-order valence-electron chi connectivity index (χ0n) is 12.2. The average molecular weight is 304 g/mol. The van der Waals surface area contributed by atoms with Gasteiger partial charge in [0.2, 0.25) is 17.2 Å². The summed E-state index contributed by atoms with van der Waals surface area (Å²) in [5, 5.41) is 0.245. The van der Waals surface area contributed by atoms with E-state index >= 15 is 0 Å². The zero-order valence-corrected chi connectivity index (χ0v) is 13.8. The van der Waals surface area contributed by atoms with Crippen molar-refractivity contribution in [1.82, 2.24) is 15.0 Å². The molecule has 1 unspecified atom stereocenters. The van der Waals surface area contributed by atoms with E-state index in [9.17, 15) is 0 Å². The van der Waals surface area contributed by atoms with Crippen LogP contribution in [0.1, 0.15) is 20.8 Å². The minimum Gasteiger partial charge on any atom is -0.341 e. The van der Waals surface area contributed by atoms with E-state index in [1.54, 1.807) is 11.8 Å². The Labute approximate surface area is 124 Å². The lowest BCUT2D eigenvalue weighted by molar-refractivity contribution is 0.726. The molecule has 19 heavy (non-hydrogen) atoms. The molecule has 1 rings (SSSR count). The topological polar surface area (TPSA) is 45.2 Å². The summed E-state index contributed by atoms with van der Waals surface area (Å²) < 4.78 is 0. The van der Waals surface area contributed by atoms with E-state index in [4.69, 9.17) is 11.6 Å². The van der Waals surface area contributed by atoms with E-state index in [0.29, 0.717) is 17.9 Å². The summed E-state index contributed by atoms with van der Waals surface area (Å²) >= 11 is 7.81. The summed E-state index contributed by atoms with van der Waals surface area (Å²) in [6.07, 6.45) is 2.09. The van der Waals surface area contributed by atoms with Gasteiger partial charge in [0, 0.05) is 31.9 Å². The summed E-state index contributed by atoms with van der Waals surface area (Å²) in [7, 11) is 1.98. The molecule has 0 spiro atoms. The van der Waals surface area contributed by atoms with Crippen molar-refractivity contribution in [2.75, 3.05) is 41.9 Å². The first-order valence-electron chi connectivity index (χ1n) is 6.41. The number of hydrogen-bond acceptors (Lipinski definition) is 6. The maximum Gasteiger partial charge on any atom is 0.231 e. The van der Waals surface area contributed by atoms with Gasteiger partial charge in [-0.15, -0.1) is 0 Å². The number of nitrogens with zero attached hydrogens (tertiary/aromatic N) is 5. The van der Waals surface area contributed by atoms with Crippen molar-refractivity contribution in [1.29, 1.82) is 0 Å². The first-order valence-corrected chi connectivity index (χ1v) is 8.18. The number of aromatic nitrogens is 3. The van der Waals surface area contributed by atoms with Crippen LogP contribution in [0.25, 0.3) is 0 Å². The Hall–Kier alpha value is -0.750. The minimum atomic E-state index is 0.245. The van der Waals surface area contributed by atoms with Gasteiger partial charge in [-0.3, -0.25) is 0 Å². The molecule has 0 radical (unpaired) electrons. The second kappa shape index (κ2) is 7.75. The maximum absolute atomic E-state index is 6.01. The Bertz CT molecular complexity index is 400. The normalized spacial score (nSPS) is 12.3. The highest BCUT2D eigenvalue weighted by Gasteiger charge is 2.16. The highest BCUT2D eigenvalue weighted by atomic mass is 35.5. The number of hydrogen-bond donors (Lipinski definition) is 0. The Morgan fingerprint density at radius 1 is 1.16 bits per heavy atom. The minimum absolute atomic E-state index is 0.245. The molecular formula is C12H22ClN5S. The van der Waals surface area contributed by atoms with Crippen molar-refractivity contribution in [3.05, 3.63) is 5.28 Å². The van der Waals surface area contributed by atoms with Crippen LogP contribution in [0.15, 0.2) is 0 Å². The van der Waals surface area contributed by atoms with E-state index < -0.39 is 0 Å². The summed E-state index contributed by atoms with van der Waals surface area (Å²) in [5.41, 5.74) is 0. The first kappa shape index (κ1) is 16.3. The summed E-state index contributed by atoms with van der Waals surface area (Å²) in [5.74, 6) is 2.28. The third-order valence-corrected chi connectivity index (χ3v) is 4.00. The van der Waals surface area contributed by atoms with Crippen molar-refractivity contribution in [3.8, 4) is 0 Å². The fourth-order valence-electron chi connectivity index (χ4n) is 1.69. The van der Waals surface area contributed by atoms with Crippen LogP contribution >= 0.6 is 23.4 Å². The van der Waals surface area contributed by atoms with Gasteiger partial charge in [-0.1, -0.05) is 0 Å². The van der Waals surface area contributed by atoms with Crippen LogP contribution in [0.4, 0.5) is 11.9 Å². The third-order valence-electron chi connectivity index (χ3n) is 3.02. The van der Waals surface area contributed by atoms with Crippen LogP contribution in [-0.2, 0) is 0 Å². The zero-order chi connectivity index (χ0) is 14.4. The SMILES string of the molecule is CCN(CC)c1nc(Cl)nc(N(C)C(C)CSC)n1. The second-order valence-electron chi connectivity index (χ2n) is 4.29. The predicted octanol–water partition coefficient (Wildman–Crippen LogP) is 2.56. The molecular weight excluding hydrogens is 282 g/mol. The van der Waals surface area contributed by atoms with Gasteiger partial charge in [0.1, 0.15) is 0 Å². The van der Waals surface area contributed by atoms with Crippen LogP contribution in [0.5, 0.6) is 0 Å². The van der Waals surface area contributed by atoms with Crippen LogP contribution in [-0.4, -0.2) is 53.1 Å². The van der Waals surface area contributed by atoms with E-state index in [2.05, 4.69) is 46.9 Å². The molecule has 7 heteroatoms. The van der Waals surface area contributed by atoms with Crippen LogP contribution in [0.3, 0.4) is 0 Å². The molecule has 0 fully saturated rings. The van der Waals surface area contributed by atoms with Crippen molar-refractivity contribution in [3.63, 3.8) is 0 Å². The molecule has 0 aromatic carbocycles. The predicted molar refractivity (Wildman–Crippen MR) is 84.6 cm³/mol. The Kier molecular flexibility index (Phi) is 6.65. The lowest BCUT2D eigenvalue weighted by Gasteiger charge is -2.26. The molecule has 108 valence electrons. The molecule has 0 saturated carbocycles. The van der Waals surface area contributed by atoms with Gasteiger partial charge in [0.15, 0.2) is 0 Å². The van der Waals surface area contributed by atoms with Crippen LogP contribution < -0.4 is 9.80 Å². The number of thioether (sulfide) groups is 1. The standard InChI is InChI=1S/C12H22ClN5S/c1-6-18(7-2)12-15-10(13)14-11(16-12)17(4)9(3)8-19-5/h9H,6-8H2,1-5H3. The van der Waals surface area contributed by atoms with Crippen LogP contribution in [0.2, 0.25) is 5.28 Å². The fraction of sp³-hybridized carbons (Fsp3) is 0.750. The molecule has 0 N–H and O–H groups in total. The Morgan fingerprint density at radius 3 is 2.26 bits per heavy atom. The summed E-state index contributed by atoms with van der Waals surface area (Å²) in [6.45, 7) is 7.98. The number of rotatable bonds is 7. The van der Waals surface area contributed by atoms with Gasteiger partial charge in [-0.25, -0.2) is 0 Å². The average Bonchev–Trinajstić information content (AvgIpc) is 2.39. The lowest BCUT2D eigenvalue weighted by Crippen LogP contribution is -2.33. The van der Waals surface area contributed by atoms with Gasteiger partial charge in [0.05, 0.1) is 0 Å². The molecule has 0 aliphatic rings. The van der Waals surface area contributed by atoms with E-state index in [-0.39, 0.29) is 5.28 Å². The maximum atomic E-state index is 6.01. The van der Waals surface area contributed by atoms with E-state index in [1.807, 2.05) is 11.9 Å². The third kappa shape index (κ3) is 4.38. The highest BCUT2D eigenvalue weighted by molar-refractivity contribution is 7.98. The quantitative estimate of drug-likeness (QED) is 0.771. The molecule has 1 aromatic heterocycles. The van der Waals surface area contributed by atoms with Crippen LogP contribution in [0, 0.1) is 0 Å². The molecule has 1 aromatic rings. The van der Waals surface area contributed by atoms with Gasteiger partial charge in [-0.2, -0.15) is 26.7 Å². The van der Waals surface area contributed by atoms with Crippen molar-refractivity contribution < 1.29 is 0 Å². The van der Waals surface area contributed by atoms with Gasteiger partial charge in [-0.05, 0) is 38.6 Å². The lowest BCUT2D eigenvalue weighted by atomic mass is 10.3. The van der Waals surface area contributed by atoms with Crippen molar-refractivity contribution in [2.24, 2.45) is 0 Å².